The van der Waals surface area contributed by atoms with Crippen molar-refractivity contribution in [1.82, 2.24) is 0 Å². The van der Waals surface area contributed by atoms with Crippen LogP contribution in [-0.4, -0.2) is 15.0 Å². The third-order valence-electron chi connectivity index (χ3n) is 3.20. The van der Waals surface area contributed by atoms with E-state index in [0.717, 1.165) is 18.4 Å². The van der Waals surface area contributed by atoms with Crippen molar-refractivity contribution in [2.24, 2.45) is 11.1 Å². The van der Waals surface area contributed by atoms with Gasteiger partial charge in [0.05, 0.1) is 6.61 Å². The van der Waals surface area contributed by atoms with Gasteiger partial charge in [-0.2, -0.15) is 0 Å². The molecular weight excluding hydrogens is 318 g/mol. The van der Waals surface area contributed by atoms with Gasteiger partial charge in [0.15, 0.2) is 0 Å². The van der Waals surface area contributed by atoms with Crippen molar-refractivity contribution in [2.45, 2.75) is 31.1 Å². The molecule has 0 unspecified atom stereocenters. The number of halogens is 1. The second-order valence-corrected chi connectivity index (χ2v) is 7.15. The average molecular weight is 334 g/mol. The normalized spacial score (nSPS) is 16.4. The Morgan fingerprint density at radius 3 is 2.61 bits per heavy atom. The number of hydrogen-bond acceptors (Lipinski definition) is 3. The van der Waals surface area contributed by atoms with Crippen LogP contribution in [-0.2, 0) is 10.0 Å². The Kier molecular flexibility index (Phi) is 3.99. The number of nitrogens with two attached hydrogens (primary N) is 1. The molecule has 0 aromatic heterocycles. The van der Waals surface area contributed by atoms with Gasteiger partial charge in [0.25, 0.3) is 0 Å². The van der Waals surface area contributed by atoms with Crippen molar-refractivity contribution < 1.29 is 13.2 Å². The van der Waals surface area contributed by atoms with E-state index in [9.17, 15) is 8.42 Å². The van der Waals surface area contributed by atoms with Crippen LogP contribution in [0.4, 0.5) is 0 Å². The van der Waals surface area contributed by atoms with E-state index >= 15 is 0 Å². The zero-order valence-corrected chi connectivity index (χ0v) is 12.6. The van der Waals surface area contributed by atoms with Gasteiger partial charge in [-0.1, -0.05) is 22.4 Å². The Balaban J connectivity index is 2.31. The molecule has 0 saturated heterocycles. The van der Waals surface area contributed by atoms with E-state index in [0.29, 0.717) is 22.7 Å². The third kappa shape index (κ3) is 3.05. The fourth-order valence-corrected chi connectivity index (χ4v) is 3.45. The SMILES string of the molecule is Cc1cc(Br)cc(S(N)(=O)=O)c1OCC1CCC1. The molecule has 2 rings (SSSR count). The lowest BCUT2D eigenvalue weighted by Crippen LogP contribution is -2.21. The molecule has 1 aromatic carbocycles. The lowest BCUT2D eigenvalue weighted by molar-refractivity contribution is 0.176. The summed E-state index contributed by atoms with van der Waals surface area (Å²) in [5, 5.41) is 5.22. The first-order valence-corrected chi connectivity index (χ1v) is 8.17. The van der Waals surface area contributed by atoms with Crippen molar-refractivity contribution in [3.05, 3.63) is 22.2 Å². The smallest absolute Gasteiger partial charge is 0.241 e. The second kappa shape index (κ2) is 5.19. The highest BCUT2D eigenvalue weighted by Gasteiger charge is 2.22. The molecule has 4 nitrogen and oxygen atoms in total. The minimum Gasteiger partial charge on any atom is -0.492 e. The van der Waals surface area contributed by atoms with E-state index in [1.807, 2.05) is 13.0 Å². The number of benzene rings is 1. The molecule has 6 heteroatoms. The van der Waals surface area contributed by atoms with Crippen LogP contribution in [0.2, 0.25) is 0 Å². The van der Waals surface area contributed by atoms with Gasteiger partial charge >= 0.3 is 0 Å². The van der Waals surface area contributed by atoms with Crippen molar-refractivity contribution in [2.75, 3.05) is 6.61 Å². The fourth-order valence-electron chi connectivity index (χ4n) is 1.96. The lowest BCUT2D eigenvalue weighted by Gasteiger charge is -2.26. The van der Waals surface area contributed by atoms with Crippen LogP contribution >= 0.6 is 15.9 Å². The number of sulfonamides is 1. The number of hydrogen-bond donors (Lipinski definition) is 1. The first-order chi connectivity index (χ1) is 8.38. The molecule has 0 radical (unpaired) electrons. The molecule has 2 N–H and O–H groups in total. The lowest BCUT2D eigenvalue weighted by atomic mass is 9.86. The quantitative estimate of drug-likeness (QED) is 0.920. The van der Waals surface area contributed by atoms with Gasteiger partial charge in [0, 0.05) is 4.47 Å². The summed E-state index contributed by atoms with van der Waals surface area (Å²) in [6, 6.07) is 3.31. The Labute approximate surface area is 116 Å². The largest absolute Gasteiger partial charge is 0.492 e. The standard InChI is InChI=1S/C12H16BrNO3S/c1-8-5-10(13)6-11(18(14,15)16)12(8)17-7-9-3-2-4-9/h5-6,9H,2-4,7H2,1H3,(H2,14,15,16). The van der Waals surface area contributed by atoms with Gasteiger partial charge in [-0.05, 0) is 43.4 Å². The van der Waals surface area contributed by atoms with Crippen LogP contribution < -0.4 is 9.88 Å². The van der Waals surface area contributed by atoms with E-state index in [1.54, 1.807) is 0 Å². The molecule has 1 aromatic rings. The maximum Gasteiger partial charge on any atom is 0.241 e. The monoisotopic (exact) mass is 333 g/mol. The molecule has 1 aliphatic carbocycles. The molecule has 0 heterocycles. The number of primary sulfonamides is 1. The van der Waals surface area contributed by atoms with Gasteiger partial charge in [-0.15, -0.1) is 0 Å². The second-order valence-electron chi connectivity index (χ2n) is 4.70. The molecule has 100 valence electrons. The van der Waals surface area contributed by atoms with Gasteiger partial charge < -0.3 is 4.74 Å². The van der Waals surface area contributed by atoms with Crippen LogP contribution in [0, 0.1) is 12.8 Å². The van der Waals surface area contributed by atoms with Crippen molar-refractivity contribution >= 4 is 26.0 Å². The Morgan fingerprint density at radius 2 is 2.11 bits per heavy atom. The van der Waals surface area contributed by atoms with Gasteiger partial charge in [-0.3, -0.25) is 0 Å². The van der Waals surface area contributed by atoms with E-state index in [2.05, 4.69) is 15.9 Å². The zero-order valence-electron chi connectivity index (χ0n) is 10.1. The Bertz CT molecular complexity index is 553. The summed E-state index contributed by atoms with van der Waals surface area (Å²) in [6.45, 7) is 2.38. The van der Waals surface area contributed by atoms with Gasteiger partial charge in [0.2, 0.25) is 10.0 Å². The maximum atomic E-state index is 11.6. The molecular formula is C12H16BrNO3S. The predicted molar refractivity (Wildman–Crippen MR) is 73.1 cm³/mol. The highest BCUT2D eigenvalue weighted by Crippen LogP contribution is 2.33. The maximum absolute atomic E-state index is 11.6. The highest BCUT2D eigenvalue weighted by atomic mass is 79.9. The predicted octanol–water partition coefficient (Wildman–Crippen LogP) is 2.58. The Hall–Kier alpha value is -0.590. The summed E-state index contributed by atoms with van der Waals surface area (Å²) >= 11 is 3.27. The zero-order chi connectivity index (χ0) is 13.3. The molecule has 1 aliphatic rings. The molecule has 0 bridgehead atoms. The number of ether oxygens (including phenoxy) is 1. The molecule has 0 atom stereocenters. The van der Waals surface area contributed by atoms with Crippen LogP contribution in [0.5, 0.6) is 5.75 Å². The topological polar surface area (TPSA) is 69.4 Å². The van der Waals surface area contributed by atoms with Crippen molar-refractivity contribution in [3.63, 3.8) is 0 Å². The van der Waals surface area contributed by atoms with Crippen molar-refractivity contribution in [1.29, 1.82) is 0 Å². The van der Waals surface area contributed by atoms with Gasteiger partial charge in [-0.25, -0.2) is 13.6 Å². The summed E-state index contributed by atoms with van der Waals surface area (Å²) in [7, 11) is -3.77. The van der Waals surface area contributed by atoms with E-state index < -0.39 is 10.0 Å². The highest BCUT2D eigenvalue weighted by molar-refractivity contribution is 9.10. The first kappa shape index (κ1) is 13.8. The van der Waals surface area contributed by atoms with Crippen molar-refractivity contribution in [3.8, 4) is 5.75 Å². The van der Waals surface area contributed by atoms with E-state index in [-0.39, 0.29) is 4.90 Å². The van der Waals surface area contributed by atoms with Crippen LogP contribution in [0.15, 0.2) is 21.5 Å². The molecule has 1 fully saturated rings. The number of rotatable bonds is 4. The number of aryl methyl sites for hydroxylation is 1. The molecule has 0 aliphatic heterocycles. The van der Waals surface area contributed by atoms with E-state index in [4.69, 9.17) is 9.88 Å². The fraction of sp³-hybridized carbons (Fsp3) is 0.500. The average Bonchev–Trinajstić information content (AvgIpc) is 2.16. The minimum absolute atomic E-state index is 0.0497. The minimum atomic E-state index is -3.77. The molecule has 0 amide bonds. The molecule has 18 heavy (non-hydrogen) atoms. The summed E-state index contributed by atoms with van der Waals surface area (Å²) in [5.74, 6) is 0.925. The van der Waals surface area contributed by atoms with Crippen LogP contribution in [0.1, 0.15) is 24.8 Å². The van der Waals surface area contributed by atoms with Crippen LogP contribution in [0.3, 0.4) is 0 Å². The molecule has 0 spiro atoms. The molecule has 1 saturated carbocycles. The summed E-state index contributed by atoms with van der Waals surface area (Å²) in [4.78, 5) is 0.0497. The summed E-state index contributed by atoms with van der Waals surface area (Å²) in [6.07, 6.45) is 3.54. The van der Waals surface area contributed by atoms with Crippen LogP contribution in [0.25, 0.3) is 0 Å². The summed E-state index contributed by atoms with van der Waals surface area (Å²) in [5.41, 5.74) is 0.771. The van der Waals surface area contributed by atoms with E-state index in [1.165, 1.54) is 12.5 Å². The van der Waals surface area contributed by atoms with Gasteiger partial charge in [0.1, 0.15) is 10.6 Å². The third-order valence-corrected chi connectivity index (χ3v) is 4.57. The summed E-state index contributed by atoms with van der Waals surface area (Å²) < 4.78 is 29.5. The first-order valence-electron chi connectivity index (χ1n) is 5.83. The Morgan fingerprint density at radius 1 is 1.44 bits per heavy atom.